The number of hydrogen-bond donors (Lipinski definition) is 0. The van der Waals surface area contributed by atoms with E-state index in [1.54, 1.807) is 0 Å². The van der Waals surface area contributed by atoms with E-state index < -0.39 is 0 Å². The molecule has 0 aliphatic heterocycles. The minimum absolute atomic E-state index is 0.622. The summed E-state index contributed by atoms with van der Waals surface area (Å²) in [5.41, 5.74) is 6.98. The summed E-state index contributed by atoms with van der Waals surface area (Å²) in [6.07, 6.45) is 0. The molecule has 0 atom stereocenters. The first-order valence-electron chi connectivity index (χ1n) is 9.26. The smallest absolute Gasteiger partial charge is 0.164 e. The summed E-state index contributed by atoms with van der Waals surface area (Å²) in [5.74, 6) is 1.93. The van der Waals surface area contributed by atoms with Crippen molar-refractivity contribution in [2.24, 2.45) is 0 Å². The molecule has 0 spiro atoms. The Balaban J connectivity index is 1.92. The standard InChI is InChI=1S/C24H20BN3/c1-15-4-8-18(9-5-15)22-26-23(19-10-6-16(2)7-11-19)28-24(27-22)20-12-17(3)13-21(25)14-20/h4-14H,1-3H3. The first-order valence-corrected chi connectivity index (χ1v) is 9.26. The molecule has 3 nitrogen and oxygen atoms in total. The Morgan fingerprint density at radius 3 is 1.36 bits per heavy atom. The lowest BCUT2D eigenvalue weighted by Gasteiger charge is -2.10. The molecule has 0 saturated carbocycles. The summed E-state index contributed by atoms with van der Waals surface area (Å²) in [6.45, 7) is 6.15. The second-order valence-corrected chi connectivity index (χ2v) is 7.17. The lowest BCUT2D eigenvalue weighted by molar-refractivity contribution is 1.07. The summed E-state index contributed by atoms with van der Waals surface area (Å²) in [4.78, 5) is 14.3. The van der Waals surface area contributed by atoms with Crippen LogP contribution in [0.15, 0.2) is 66.7 Å². The summed E-state index contributed by atoms with van der Waals surface area (Å²) < 4.78 is 0. The van der Waals surface area contributed by atoms with Crippen LogP contribution in [0.2, 0.25) is 0 Å². The molecule has 28 heavy (non-hydrogen) atoms. The van der Waals surface area contributed by atoms with Gasteiger partial charge in [-0.05, 0) is 26.8 Å². The van der Waals surface area contributed by atoms with Gasteiger partial charge in [-0.3, -0.25) is 0 Å². The maximum atomic E-state index is 6.06. The zero-order valence-electron chi connectivity index (χ0n) is 16.3. The van der Waals surface area contributed by atoms with Crippen LogP contribution < -0.4 is 5.46 Å². The van der Waals surface area contributed by atoms with Crippen molar-refractivity contribution in [3.05, 3.63) is 83.4 Å². The Labute approximate surface area is 167 Å². The topological polar surface area (TPSA) is 38.7 Å². The van der Waals surface area contributed by atoms with Crippen LogP contribution >= 0.6 is 0 Å². The number of nitrogens with zero attached hydrogens (tertiary/aromatic N) is 3. The summed E-state index contributed by atoms with van der Waals surface area (Å²) in [6, 6.07) is 22.3. The molecule has 0 amide bonds. The fourth-order valence-electron chi connectivity index (χ4n) is 3.11. The van der Waals surface area contributed by atoms with Gasteiger partial charge in [0.1, 0.15) is 7.85 Å². The van der Waals surface area contributed by atoms with E-state index in [2.05, 4.69) is 38.1 Å². The quantitative estimate of drug-likeness (QED) is 0.501. The van der Waals surface area contributed by atoms with Gasteiger partial charge in [0.2, 0.25) is 0 Å². The highest BCUT2D eigenvalue weighted by Crippen LogP contribution is 2.25. The number of aryl methyl sites for hydroxylation is 3. The van der Waals surface area contributed by atoms with Crippen molar-refractivity contribution < 1.29 is 0 Å². The van der Waals surface area contributed by atoms with Gasteiger partial charge in [0.05, 0.1) is 0 Å². The van der Waals surface area contributed by atoms with Gasteiger partial charge < -0.3 is 0 Å². The van der Waals surface area contributed by atoms with Gasteiger partial charge in [-0.15, -0.1) is 0 Å². The van der Waals surface area contributed by atoms with Crippen molar-refractivity contribution in [3.63, 3.8) is 0 Å². The Morgan fingerprint density at radius 2 is 0.929 bits per heavy atom. The average molecular weight is 361 g/mol. The van der Waals surface area contributed by atoms with Crippen LogP contribution in [0.1, 0.15) is 16.7 Å². The third kappa shape index (κ3) is 3.86. The molecule has 4 heteroatoms. The van der Waals surface area contributed by atoms with E-state index >= 15 is 0 Å². The van der Waals surface area contributed by atoms with Gasteiger partial charge in [-0.25, -0.2) is 15.0 Å². The molecule has 0 saturated heterocycles. The maximum Gasteiger partial charge on any atom is 0.164 e. The fraction of sp³-hybridized carbons (Fsp3) is 0.125. The molecule has 2 radical (unpaired) electrons. The van der Waals surface area contributed by atoms with Crippen molar-refractivity contribution >= 4 is 13.3 Å². The molecule has 0 bridgehead atoms. The molecule has 0 N–H and O–H groups in total. The Hall–Kier alpha value is -3.27. The lowest BCUT2D eigenvalue weighted by Crippen LogP contribution is -2.05. The van der Waals surface area contributed by atoms with E-state index in [1.807, 2.05) is 49.4 Å². The van der Waals surface area contributed by atoms with Crippen LogP contribution in [0, 0.1) is 20.8 Å². The van der Waals surface area contributed by atoms with Crippen LogP contribution in [-0.4, -0.2) is 22.8 Å². The van der Waals surface area contributed by atoms with Crippen molar-refractivity contribution in [2.45, 2.75) is 20.8 Å². The minimum Gasteiger partial charge on any atom is -0.208 e. The Bertz CT molecular complexity index is 1050. The fourth-order valence-corrected chi connectivity index (χ4v) is 3.11. The van der Waals surface area contributed by atoms with Crippen molar-refractivity contribution in [2.75, 3.05) is 0 Å². The predicted molar refractivity (Wildman–Crippen MR) is 116 cm³/mol. The van der Waals surface area contributed by atoms with Gasteiger partial charge >= 0.3 is 0 Å². The molecule has 0 unspecified atom stereocenters. The molecule has 134 valence electrons. The molecular formula is C24H20BN3. The second kappa shape index (κ2) is 7.39. The highest BCUT2D eigenvalue weighted by molar-refractivity contribution is 6.32. The summed E-state index contributed by atoms with van der Waals surface area (Å²) in [5, 5.41) is 0. The third-order valence-electron chi connectivity index (χ3n) is 4.61. The molecule has 4 rings (SSSR count). The van der Waals surface area contributed by atoms with Crippen LogP contribution in [0.4, 0.5) is 0 Å². The van der Waals surface area contributed by atoms with E-state index in [4.69, 9.17) is 22.8 Å². The highest BCUT2D eigenvalue weighted by Gasteiger charge is 2.12. The van der Waals surface area contributed by atoms with E-state index in [0.29, 0.717) is 22.9 Å². The van der Waals surface area contributed by atoms with Crippen molar-refractivity contribution in [3.8, 4) is 34.2 Å². The molecule has 0 aliphatic rings. The van der Waals surface area contributed by atoms with E-state index in [1.165, 1.54) is 11.1 Å². The minimum atomic E-state index is 0.622. The monoisotopic (exact) mass is 361 g/mol. The molecule has 3 aromatic carbocycles. The largest absolute Gasteiger partial charge is 0.208 e. The van der Waals surface area contributed by atoms with E-state index in [-0.39, 0.29) is 0 Å². The van der Waals surface area contributed by atoms with E-state index in [0.717, 1.165) is 22.3 Å². The zero-order chi connectivity index (χ0) is 19.7. The first kappa shape index (κ1) is 18.1. The Kier molecular flexibility index (Phi) is 4.78. The molecule has 1 aromatic heterocycles. The van der Waals surface area contributed by atoms with E-state index in [9.17, 15) is 0 Å². The van der Waals surface area contributed by atoms with Crippen LogP contribution in [0.3, 0.4) is 0 Å². The van der Waals surface area contributed by atoms with Crippen LogP contribution in [0.25, 0.3) is 34.2 Å². The molecule has 0 fully saturated rings. The molecule has 0 aliphatic carbocycles. The number of hydrogen-bond acceptors (Lipinski definition) is 3. The SMILES string of the molecule is [B]c1cc(C)cc(-c2nc(-c3ccc(C)cc3)nc(-c3ccc(C)cc3)n2)c1. The van der Waals surface area contributed by atoms with Gasteiger partial charge in [0, 0.05) is 16.7 Å². The second-order valence-electron chi connectivity index (χ2n) is 7.17. The predicted octanol–water partition coefficient (Wildman–Crippen LogP) is 4.59. The molecular weight excluding hydrogens is 341 g/mol. The maximum absolute atomic E-state index is 6.06. The van der Waals surface area contributed by atoms with Crippen molar-refractivity contribution in [1.29, 1.82) is 0 Å². The third-order valence-corrected chi connectivity index (χ3v) is 4.61. The average Bonchev–Trinajstić information content (AvgIpc) is 2.68. The summed E-state index contributed by atoms with van der Waals surface area (Å²) >= 11 is 0. The highest BCUT2D eigenvalue weighted by atomic mass is 15.0. The van der Waals surface area contributed by atoms with Gasteiger partial charge in [0.15, 0.2) is 17.5 Å². The zero-order valence-corrected chi connectivity index (χ0v) is 16.3. The lowest BCUT2D eigenvalue weighted by atomic mass is 9.92. The van der Waals surface area contributed by atoms with Gasteiger partial charge in [-0.1, -0.05) is 82.8 Å². The Morgan fingerprint density at radius 1 is 0.500 bits per heavy atom. The number of aromatic nitrogens is 3. The first-order chi connectivity index (χ1) is 13.5. The summed E-state index contributed by atoms with van der Waals surface area (Å²) in [7, 11) is 6.06. The number of benzene rings is 3. The molecule has 4 aromatic rings. The van der Waals surface area contributed by atoms with Crippen LogP contribution in [0.5, 0.6) is 0 Å². The normalized spacial score (nSPS) is 10.8. The number of rotatable bonds is 3. The van der Waals surface area contributed by atoms with Gasteiger partial charge in [0.25, 0.3) is 0 Å². The molecule has 1 heterocycles. The van der Waals surface area contributed by atoms with Crippen molar-refractivity contribution in [1.82, 2.24) is 15.0 Å². The van der Waals surface area contributed by atoms with Gasteiger partial charge in [-0.2, -0.15) is 0 Å². The van der Waals surface area contributed by atoms with Crippen LogP contribution in [-0.2, 0) is 0 Å².